The van der Waals surface area contributed by atoms with Crippen molar-refractivity contribution in [2.75, 3.05) is 18.8 Å². The van der Waals surface area contributed by atoms with Crippen LogP contribution in [0.25, 0.3) is 0 Å². The third-order valence-corrected chi connectivity index (χ3v) is 3.77. The summed E-state index contributed by atoms with van der Waals surface area (Å²) in [5.74, 6) is -0.300. The van der Waals surface area contributed by atoms with Crippen molar-refractivity contribution >= 4 is 29.0 Å². The third kappa shape index (κ3) is 2.22. The SMILES string of the molecule is O=C(O)N1CCC(O)C(N2C(=O)CSC2=O)C1. The second kappa shape index (κ2) is 4.53. The topological polar surface area (TPSA) is 98.1 Å². The molecule has 0 aromatic heterocycles. The second-order valence-electron chi connectivity index (χ2n) is 3.97. The van der Waals surface area contributed by atoms with E-state index >= 15 is 0 Å². The minimum atomic E-state index is -1.10. The van der Waals surface area contributed by atoms with Crippen molar-refractivity contribution in [1.82, 2.24) is 9.80 Å². The molecule has 3 amide bonds. The van der Waals surface area contributed by atoms with Crippen molar-refractivity contribution in [2.45, 2.75) is 18.6 Å². The summed E-state index contributed by atoms with van der Waals surface area (Å²) in [6.45, 7) is 0.199. The average molecular weight is 260 g/mol. The third-order valence-electron chi connectivity index (χ3n) is 2.93. The van der Waals surface area contributed by atoms with E-state index < -0.39 is 23.5 Å². The van der Waals surface area contributed by atoms with Crippen molar-refractivity contribution in [3.8, 4) is 0 Å². The van der Waals surface area contributed by atoms with E-state index in [2.05, 4.69) is 0 Å². The van der Waals surface area contributed by atoms with Gasteiger partial charge in [0.05, 0.1) is 17.9 Å². The number of aliphatic hydroxyl groups excluding tert-OH is 1. The first-order valence-corrected chi connectivity index (χ1v) is 6.14. The molecule has 7 nitrogen and oxygen atoms in total. The van der Waals surface area contributed by atoms with E-state index in [1.165, 1.54) is 0 Å². The van der Waals surface area contributed by atoms with Crippen LogP contribution in [0.1, 0.15) is 6.42 Å². The quantitative estimate of drug-likeness (QED) is 0.677. The smallest absolute Gasteiger partial charge is 0.407 e. The number of rotatable bonds is 1. The number of hydrogen-bond donors (Lipinski definition) is 2. The van der Waals surface area contributed by atoms with Gasteiger partial charge in [0.2, 0.25) is 5.91 Å². The number of carbonyl (C=O) groups is 3. The van der Waals surface area contributed by atoms with Crippen LogP contribution in [0.2, 0.25) is 0 Å². The van der Waals surface area contributed by atoms with Crippen molar-refractivity contribution in [2.24, 2.45) is 0 Å². The predicted octanol–water partition coefficient (Wildman–Crippen LogP) is -0.205. The highest BCUT2D eigenvalue weighted by atomic mass is 32.2. The molecule has 94 valence electrons. The Labute approximate surface area is 101 Å². The Balaban J connectivity index is 2.15. The van der Waals surface area contributed by atoms with Crippen LogP contribution in [0.4, 0.5) is 9.59 Å². The maximum Gasteiger partial charge on any atom is 0.407 e. The zero-order chi connectivity index (χ0) is 12.6. The summed E-state index contributed by atoms with van der Waals surface area (Å²) in [6.07, 6.45) is -1.72. The molecule has 0 bridgehead atoms. The molecule has 8 heteroatoms. The van der Waals surface area contributed by atoms with Crippen LogP contribution in [0.5, 0.6) is 0 Å². The molecule has 2 fully saturated rings. The van der Waals surface area contributed by atoms with E-state index in [1.807, 2.05) is 0 Å². The van der Waals surface area contributed by atoms with Crippen LogP contribution in [-0.2, 0) is 4.79 Å². The lowest BCUT2D eigenvalue weighted by atomic mass is 10.0. The first-order chi connectivity index (χ1) is 8.00. The van der Waals surface area contributed by atoms with E-state index in [4.69, 9.17) is 5.11 Å². The van der Waals surface area contributed by atoms with Crippen LogP contribution in [0.15, 0.2) is 0 Å². The largest absolute Gasteiger partial charge is 0.465 e. The molecule has 2 heterocycles. The molecule has 2 aliphatic heterocycles. The number of hydrogen-bond acceptors (Lipinski definition) is 5. The Kier molecular flexibility index (Phi) is 3.25. The number of amides is 3. The van der Waals surface area contributed by atoms with Crippen LogP contribution >= 0.6 is 11.8 Å². The molecule has 2 aliphatic rings. The van der Waals surface area contributed by atoms with Crippen LogP contribution in [0, 0.1) is 0 Å². The van der Waals surface area contributed by atoms with Crippen LogP contribution in [-0.4, -0.2) is 68.2 Å². The summed E-state index contributed by atoms with van der Waals surface area (Å²) in [6, 6.07) is -0.755. The van der Waals surface area contributed by atoms with Crippen LogP contribution < -0.4 is 0 Å². The van der Waals surface area contributed by atoms with Gasteiger partial charge in [0.1, 0.15) is 0 Å². The van der Waals surface area contributed by atoms with Gasteiger partial charge in [-0.25, -0.2) is 4.79 Å². The molecule has 2 atom stereocenters. The average Bonchev–Trinajstić information content (AvgIpc) is 2.59. The van der Waals surface area contributed by atoms with Crippen molar-refractivity contribution in [3.63, 3.8) is 0 Å². The molecule has 0 aromatic rings. The van der Waals surface area contributed by atoms with E-state index in [-0.39, 0.29) is 31.2 Å². The summed E-state index contributed by atoms with van der Waals surface area (Å²) in [5.41, 5.74) is 0. The standard InChI is InChI=1S/C9H12N2O5S/c12-6-1-2-10(8(14)15)3-5(6)11-7(13)4-17-9(11)16/h5-6,12H,1-4H2,(H,14,15). The summed E-state index contributed by atoms with van der Waals surface area (Å²) in [7, 11) is 0. The van der Waals surface area contributed by atoms with Crippen molar-refractivity contribution in [3.05, 3.63) is 0 Å². The summed E-state index contributed by atoms with van der Waals surface area (Å²) in [5, 5.41) is 18.2. The Morgan fingerprint density at radius 3 is 2.65 bits per heavy atom. The molecule has 0 radical (unpaired) electrons. The van der Waals surface area contributed by atoms with Gasteiger partial charge in [0, 0.05) is 13.1 Å². The predicted molar refractivity (Wildman–Crippen MR) is 58.7 cm³/mol. The molecule has 17 heavy (non-hydrogen) atoms. The molecule has 2 saturated heterocycles. The summed E-state index contributed by atoms with van der Waals surface area (Å²) >= 11 is 0.879. The minimum absolute atomic E-state index is 0.0193. The van der Waals surface area contributed by atoms with Crippen molar-refractivity contribution in [1.29, 1.82) is 0 Å². The molecule has 0 saturated carbocycles. The Hall–Kier alpha value is -1.28. The molecular weight excluding hydrogens is 248 g/mol. The number of piperidine rings is 1. The van der Waals surface area contributed by atoms with Gasteiger partial charge in [-0.05, 0) is 6.42 Å². The lowest BCUT2D eigenvalue weighted by Gasteiger charge is -2.38. The fraction of sp³-hybridized carbons (Fsp3) is 0.667. The lowest BCUT2D eigenvalue weighted by Crippen LogP contribution is -2.57. The number of likely N-dealkylation sites (tertiary alicyclic amines) is 1. The van der Waals surface area contributed by atoms with Gasteiger partial charge in [0.25, 0.3) is 5.24 Å². The first-order valence-electron chi connectivity index (χ1n) is 5.15. The maximum absolute atomic E-state index is 11.5. The number of carbonyl (C=O) groups excluding carboxylic acids is 2. The van der Waals surface area contributed by atoms with Gasteiger partial charge < -0.3 is 15.1 Å². The highest BCUT2D eigenvalue weighted by Crippen LogP contribution is 2.26. The number of thioether (sulfide) groups is 1. The molecule has 2 rings (SSSR count). The lowest BCUT2D eigenvalue weighted by molar-refractivity contribution is -0.129. The second-order valence-corrected chi connectivity index (χ2v) is 4.90. The number of imide groups is 1. The summed E-state index contributed by atoms with van der Waals surface area (Å²) < 4.78 is 0. The molecule has 0 spiro atoms. The van der Waals surface area contributed by atoms with Gasteiger partial charge in [0.15, 0.2) is 0 Å². The summed E-state index contributed by atoms with van der Waals surface area (Å²) in [4.78, 5) is 35.9. The normalized spacial score (nSPS) is 29.9. The van der Waals surface area contributed by atoms with Gasteiger partial charge >= 0.3 is 6.09 Å². The molecular formula is C9H12N2O5S. The van der Waals surface area contributed by atoms with Gasteiger partial charge in [-0.2, -0.15) is 0 Å². The van der Waals surface area contributed by atoms with Crippen LogP contribution in [0.3, 0.4) is 0 Å². The fourth-order valence-corrected chi connectivity index (χ4v) is 2.79. The highest BCUT2D eigenvalue weighted by molar-refractivity contribution is 8.14. The van der Waals surface area contributed by atoms with E-state index in [1.54, 1.807) is 0 Å². The first kappa shape index (κ1) is 12.2. The zero-order valence-corrected chi connectivity index (χ0v) is 9.72. The Morgan fingerprint density at radius 2 is 2.12 bits per heavy atom. The fourth-order valence-electron chi connectivity index (χ4n) is 2.03. The zero-order valence-electron chi connectivity index (χ0n) is 8.90. The number of nitrogens with zero attached hydrogens (tertiary/aromatic N) is 2. The van der Waals surface area contributed by atoms with E-state index in [0.717, 1.165) is 21.6 Å². The Bertz CT molecular complexity index is 358. The van der Waals surface area contributed by atoms with Gasteiger partial charge in [-0.15, -0.1) is 0 Å². The molecule has 2 N–H and O–H groups in total. The molecule has 0 aliphatic carbocycles. The van der Waals surface area contributed by atoms with Gasteiger partial charge in [-0.1, -0.05) is 11.8 Å². The molecule has 0 aromatic carbocycles. The highest BCUT2D eigenvalue weighted by Gasteiger charge is 2.42. The van der Waals surface area contributed by atoms with Crippen molar-refractivity contribution < 1.29 is 24.6 Å². The maximum atomic E-state index is 11.5. The molecule has 2 unspecified atom stereocenters. The number of carboxylic acid groups (broad SMARTS) is 1. The number of aliphatic hydroxyl groups is 1. The van der Waals surface area contributed by atoms with E-state index in [9.17, 15) is 19.5 Å². The Morgan fingerprint density at radius 1 is 1.41 bits per heavy atom. The van der Waals surface area contributed by atoms with Gasteiger partial charge in [-0.3, -0.25) is 14.5 Å². The minimum Gasteiger partial charge on any atom is -0.465 e. The van der Waals surface area contributed by atoms with E-state index in [0.29, 0.717) is 0 Å². The monoisotopic (exact) mass is 260 g/mol.